The van der Waals surface area contributed by atoms with Crippen molar-refractivity contribution < 1.29 is 4.79 Å². The van der Waals surface area contributed by atoms with Gasteiger partial charge in [-0.1, -0.05) is 25.0 Å². The third kappa shape index (κ3) is 1.65. The normalized spacial score (nSPS) is 21.4. The lowest BCUT2D eigenvalue weighted by molar-refractivity contribution is -0.115. The minimum absolute atomic E-state index is 0.102. The van der Waals surface area contributed by atoms with Crippen LogP contribution in [0.3, 0.4) is 0 Å². The fraction of sp³-hybridized carbons (Fsp3) is 0.500. The van der Waals surface area contributed by atoms with Crippen LogP contribution in [-0.4, -0.2) is 12.5 Å². The van der Waals surface area contributed by atoms with Crippen molar-refractivity contribution in [1.29, 1.82) is 0 Å². The maximum Gasteiger partial charge on any atom is 0.228 e. The highest BCUT2D eigenvalue weighted by Crippen LogP contribution is 2.41. The summed E-state index contributed by atoms with van der Waals surface area (Å²) in [4.78, 5) is 11.3. The van der Waals surface area contributed by atoms with Crippen molar-refractivity contribution in [2.24, 2.45) is 5.73 Å². The number of fused-ring (bicyclic) bond motifs is 1. The van der Waals surface area contributed by atoms with Gasteiger partial charge in [-0.2, -0.15) is 0 Å². The van der Waals surface area contributed by atoms with Crippen LogP contribution in [0.5, 0.6) is 0 Å². The Labute approximate surface area is 101 Å². The maximum absolute atomic E-state index is 11.3. The van der Waals surface area contributed by atoms with Gasteiger partial charge in [-0.3, -0.25) is 4.79 Å². The number of benzene rings is 1. The molecule has 1 heterocycles. The summed E-state index contributed by atoms with van der Waals surface area (Å²) in [7, 11) is 0. The van der Waals surface area contributed by atoms with E-state index in [9.17, 15) is 4.79 Å². The molecule has 1 aromatic carbocycles. The first-order valence-corrected chi connectivity index (χ1v) is 6.37. The first-order chi connectivity index (χ1) is 8.23. The van der Waals surface area contributed by atoms with Gasteiger partial charge in [-0.15, -0.1) is 0 Å². The molecule has 0 atom stereocenters. The molecule has 1 aliphatic carbocycles. The van der Waals surface area contributed by atoms with Crippen LogP contribution in [0.2, 0.25) is 0 Å². The average Bonchev–Trinajstić information content (AvgIpc) is 2.93. The number of nitrogens with two attached hydrogens (primary N) is 1. The summed E-state index contributed by atoms with van der Waals surface area (Å²) in [5.74, 6) is 0.102. The van der Waals surface area contributed by atoms with Crippen molar-refractivity contribution in [2.75, 3.05) is 11.9 Å². The van der Waals surface area contributed by atoms with Gasteiger partial charge in [0.2, 0.25) is 5.91 Å². The summed E-state index contributed by atoms with van der Waals surface area (Å²) in [6, 6.07) is 6.36. The minimum Gasteiger partial charge on any atom is -0.330 e. The van der Waals surface area contributed by atoms with Gasteiger partial charge in [-0.25, -0.2) is 0 Å². The molecule has 1 aromatic rings. The highest BCUT2D eigenvalue weighted by Gasteiger charge is 2.35. The van der Waals surface area contributed by atoms with Gasteiger partial charge in [0.25, 0.3) is 0 Å². The summed E-state index contributed by atoms with van der Waals surface area (Å²) >= 11 is 0. The van der Waals surface area contributed by atoms with E-state index in [1.54, 1.807) is 0 Å². The number of anilines is 1. The van der Waals surface area contributed by atoms with Crippen LogP contribution < -0.4 is 11.1 Å². The van der Waals surface area contributed by atoms with Gasteiger partial charge in [0.15, 0.2) is 0 Å². The molecule has 3 nitrogen and oxygen atoms in total. The lowest BCUT2D eigenvalue weighted by Crippen LogP contribution is -2.32. The van der Waals surface area contributed by atoms with Crippen molar-refractivity contribution in [3.05, 3.63) is 29.3 Å². The molecule has 0 radical (unpaired) electrons. The predicted molar refractivity (Wildman–Crippen MR) is 68.0 cm³/mol. The molecule has 17 heavy (non-hydrogen) atoms. The van der Waals surface area contributed by atoms with E-state index in [1.165, 1.54) is 31.2 Å². The fourth-order valence-electron chi connectivity index (χ4n) is 3.22. The quantitative estimate of drug-likeness (QED) is 0.816. The van der Waals surface area contributed by atoms with E-state index < -0.39 is 0 Å². The largest absolute Gasteiger partial charge is 0.330 e. The summed E-state index contributed by atoms with van der Waals surface area (Å²) in [6.07, 6.45) is 5.42. The van der Waals surface area contributed by atoms with Crippen molar-refractivity contribution in [1.82, 2.24) is 0 Å². The summed E-state index contributed by atoms with van der Waals surface area (Å²) < 4.78 is 0. The van der Waals surface area contributed by atoms with Crippen molar-refractivity contribution >= 4 is 11.6 Å². The molecule has 3 rings (SSSR count). The summed E-state index contributed by atoms with van der Waals surface area (Å²) in [5, 5.41) is 2.88. The Balaban J connectivity index is 1.99. The Morgan fingerprint density at radius 3 is 2.76 bits per heavy atom. The molecular formula is C14H18N2O. The van der Waals surface area contributed by atoms with Crippen molar-refractivity contribution in [2.45, 2.75) is 37.5 Å². The second-order valence-electron chi connectivity index (χ2n) is 5.29. The molecule has 0 spiro atoms. The number of nitrogens with one attached hydrogen (secondary N) is 1. The van der Waals surface area contributed by atoms with Gasteiger partial charge in [-0.05, 0) is 30.0 Å². The second kappa shape index (κ2) is 3.84. The average molecular weight is 230 g/mol. The topological polar surface area (TPSA) is 55.1 Å². The van der Waals surface area contributed by atoms with E-state index in [4.69, 9.17) is 5.73 Å². The number of hydrogen-bond donors (Lipinski definition) is 2. The Kier molecular flexibility index (Phi) is 2.44. The summed E-state index contributed by atoms with van der Waals surface area (Å²) in [6.45, 7) is 0.715. The molecule has 2 aliphatic rings. The van der Waals surface area contributed by atoms with Crippen LogP contribution in [0.15, 0.2) is 18.2 Å². The van der Waals surface area contributed by atoms with Gasteiger partial charge in [0, 0.05) is 17.6 Å². The fourth-order valence-corrected chi connectivity index (χ4v) is 3.22. The molecule has 1 aliphatic heterocycles. The SMILES string of the molecule is NCC1(c2ccc3c(c2)CC(=O)N3)CCCC1. The number of amides is 1. The molecule has 1 fully saturated rings. The van der Waals surface area contributed by atoms with Crippen molar-refractivity contribution in [3.8, 4) is 0 Å². The van der Waals surface area contributed by atoms with Crippen LogP contribution in [0.25, 0.3) is 0 Å². The standard InChI is InChI=1S/C14H18N2O/c15-9-14(5-1-2-6-14)11-3-4-12-10(7-11)8-13(17)16-12/h3-4,7H,1-2,5-6,8-9,15H2,(H,16,17). The molecule has 0 bridgehead atoms. The second-order valence-corrected chi connectivity index (χ2v) is 5.29. The lowest BCUT2D eigenvalue weighted by Gasteiger charge is -2.28. The van der Waals surface area contributed by atoms with Crippen LogP contribution in [0.4, 0.5) is 5.69 Å². The smallest absolute Gasteiger partial charge is 0.228 e. The molecule has 90 valence electrons. The number of carbonyl (C=O) groups excluding carboxylic acids is 1. The Morgan fingerprint density at radius 2 is 2.06 bits per heavy atom. The number of carbonyl (C=O) groups is 1. The Morgan fingerprint density at radius 1 is 1.29 bits per heavy atom. The number of hydrogen-bond acceptors (Lipinski definition) is 2. The van der Waals surface area contributed by atoms with E-state index in [0.29, 0.717) is 13.0 Å². The molecule has 3 N–H and O–H groups in total. The third-order valence-corrected chi connectivity index (χ3v) is 4.29. The zero-order valence-corrected chi connectivity index (χ0v) is 9.96. The van der Waals surface area contributed by atoms with Crippen LogP contribution in [-0.2, 0) is 16.6 Å². The molecular weight excluding hydrogens is 212 g/mol. The van der Waals surface area contributed by atoms with Gasteiger partial charge in [0.1, 0.15) is 0 Å². The van der Waals surface area contributed by atoms with Crippen LogP contribution in [0, 0.1) is 0 Å². The minimum atomic E-state index is 0.102. The molecule has 1 saturated carbocycles. The van der Waals surface area contributed by atoms with Gasteiger partial charge in [0.05, 0.1) is 6.42 Å². The molecule has 3 heteroatoms. The highest BCUT2D eigenvalue weighted by atomic mass is 16.1. The molecule has 1 amide bonds. The summed E-state index contributed by atoms with van der Waals surface area (Å²) in [5.41, 5.74) is 9.59. The van der Waals surface area contributed by atoms with Gasteiger partial charge >= 0.3 is 0 Å². The molecule has 0 saturated heterocycles. The van der Waals surface area contributed by atoms with E-state index in [0.717, 1.165) is 11.3 Å². The number of rotatable bonds is 2. The first-order valence-electron chi connectivity index (χ1n) is 6.37. The Bertz CT molecular complexity index is 461. The zero-order valence-electron chi connectivity index (χ0n) is 9.96. The zero-order chi connectivity index (χ0) is 11.9. The first kappa shape index (κ1) is 10.8. The predicted octanol–water partition coefficient (Wildman–Crippen LogP) is 1.95. The monoisotopic (exact) mass is 230 g/mol. The highest BCUT2D eigenvalue weighted by molar-refractivity contribution is 5.99. The van der Waals surface area contributed by atoms with Gasteiger partial charge < -0.3 is 11.1 Å². The van der Waals surface area contributed by atoms with E-state index in [-0.39, 0.29) is 11.3 Å². The van der Waals surface area contributed by atoms with Crippen molar-refractivity contribution in [3.63, 3.8) is 0 Å². The van der Waals surface area contributed by atoms with Crippen LogP contribution >= 0.6 is 0 Å². The van der Waals surface area contributed by atoms with E-state index in [1.807, 2.05) is 6.07 Å². The molecule has 0 unspecified atom stereocenters. The van der Waals surface area contributed by atoms with E-state index >= 15 is 0 Å². The maximum atomic E-state index is 11.3. The Hall–Kier alpha value is -1.35. The molecule has 0 aromatic heterocycles. The lowest BCUT2D eigenvalue weighted by atomic mass is 9.78. The van der Waals surface area contributed by atoms with Crippen LogP contribution in [0.1, 0.15) is 36.8 Å². The third-order valence-electron chi connectivity index (χ3n) is 4.29. The van der Waals surface area contributed by atoms with E-state index in [2.05, 4.69) is 17.4 Å².